The lowest BCUT2D eigenvalue weighted by atomic mass is 10.0. The van der Waals surface area contributed by atoms with Gasteiger partial charge in [0.25, 0.3) is 0 Å². The summed E-state index contributed by atoms with van der Waals surface area (Å²) in [7, 11) is 2.18. The average Bonchev–Trinajstić information content (AvgIpc) is 2.85. The van der Waals surface area contributed by atoms with Crippen LogP contribution >= 0.6 is 12.4 Å². The van der Waals surface area contributed by atoms with Crippen LogP contribution in [0.25, 0.3) is 10.9 Å². The summed E-state index contributed by atoms with van der Waals surface area (Å²) in [6, 6.07) is 8.29. The molecule has 0 N–H and O–H groups in total. The van der Waals surface area contributed by atoms with E-state index in [1.54, 1.807) is 12.3 Å². The molecule has 2 aromatic heterocycles. The van der Waals surface area contributed by atoms with Crippen LogP contribution in [0.1, 0.15) is 22.4 Å². The molecule has 3 heterocycles. The van der Waals surface area contributed by atoms with Crippen molar-refractivity contribution in [2.24, 2.45) is 0 Å². The number of benzene rings is 1. The molecule has 0 aliphatic carbocycles. The van der Waals surface area contributed by atoms with E-state index < -0.39 is 0 Å². The zero-order chi connectivity index (χ0) is 16.7. The maximum atomic E-state index is 13.4. The van der Waals surface area contributed by atoms with Gasteiger partial charge in [0.2, 0.25) is 0 Å². The number of aromatic nitrogens is 2. The summed E-state index contributed by atoms with van der Waals surface area (Å²) < 4.78 is 15.8. The molecule has 1 aliphatic rings. The fourth-order valence-corrected chi connectivity index (χ4v) is 3.79. The van der Waals surface area contributed by atoms with Gasteiger partial charge in [-0.05, 0) is 49.7 Å². The third kappa shape index (κ3) is 3.42. The molecular weight excluding hydrogens is 337 g/mol. The van der Waals surface area contributed by atoms with Crippen LogP contribution in [0.5, 0.6) is 0 Å². The van der Waals surface area contributed by atoms with E-state index in [9.17, 15) is 4.39 Å². The molecule has 0 unspecified atom stereocenters. The molecule has 0 amide bonds. The first kappa shape index (κ1) is 17.9. The second-order valence-electron chi connectivity index (χ2n) is 6.85. The Labute approximate surface area is 153 Å². The molecule has 3 aromatic rings. The predicted molar refractivity (Wildman–Crippen MR) is 102 cm³/mol. The molecule has 0 saturated heterocycles. The molecule has 0 spiro atoms. The first-order valence-electron chi connectivity index (χ1n) is 8.50. The molecule has 5 heteroatoms. The number of aryl methyl sites for hydroxylation is 3. The summed E-state index contributed by atoms with van der Waals surface area (Å²) in [6.07, 6.45) is 4.89. The highest BCUT2D eigenvalue weighted by molar-refractivity contribution is 5.86. The third-order valence-corrected chi connectivity index (χ3v) is 4.99. The minimum atomic E-state index is -0.260. The van der Waals surface area contributed by atoms with Crippen molar-refractivity contribution >= 4 is 23.3 Å². The van der Waals surface area contributed by atoms with E-state index >= 15 is 0 Å². The summed E-state index contributed by atoms with van der Waals surface area (Å²) in [5.74, 6) is -0.260. The van der Waals surface area contributed by atoms with E-state index in [-0.39, 0.29) is 18.2 Å². The van der Waals surface area contributed by atoms with Gasteiger partial charge in [0, 0.05) is 48.8 Å². The summed E-state index contributed by atoms with van der Waals surface area (Å²) in [5, 5.41) is 1.37. The summed E-state index contributed by atoms with van der Waals surface area (Å²) in [5.41, 5.74) is 6.44. The van der Waals surface area contributed by atoms with Gasteiger partial charge in [0.1, 0.15) is 5.82 Å². The van der Waals surface area contributed by atoms with Crippen molar-refractivity contribution in [1.82, 2.24) is 14.5 Å². The molecule has 0 radical (unpaired) electrons. The van der Waals surface area contributed by atoms with E-state index in [0.717, 1.165) is 38.0 Å². The van der Waals surface area contributed by atoms with E-state index in [1.807, 2.05) is 0 Å². The Balaban J connectivity index is 0.00000182. The minimum Gasteiger partial charge on any atom is -0.344 e. The summed E-state index contributed by atoms with van der Waals surface area (Å²) in [4.78, 5) is 6.34. The fourth-order valence-electron chi connectivity index (χ4n) is 3.79. The highest BCUT2D eigenvalue weighted by atomic mass is 35.5. The topological polar surface area (TPSA) is 21.1 Å². The summed E-state index contributed by atoms with van der Waals surface area (Å²) in [6.45, 7) is 5.10. The number of pyridine rings is 1. The Kier molecular flexibility index (Phi) is 5.11. The third-order valence-electron chi connectivity index (χ3n) is 4.99. The van der Waals surface area contributed by atoms with Crippen molar-refractivity contribution in [3.8, 4) is 0 Å². The molecule has 132 valence electrons. The maximum Gasteiger partial charge on any atom is 0.141 e. The van der Waals surface area contributed by atoms with Crippen LogP contribution in [0, 0.1) is 12.7 Å². The van der Waals surface area contributed by atoms with E-state index in [2.05, 4.69) is 46.6 Å². The van der Waals surface area contributed by atoms with E-state index in [4.69, 9.17) is 0 Å². The Bertz CT molecular complexity index is 903. The molecule has 1 aliphatic heterocycles. The van der Waals surface area contributed by atoms with Gasteiger partial charge in [-0.2, -0.15) is 0 Å². The van der Waals surface area contributed by atoms with Gasteiger partial charge in [-0.15, -0.1) is 12.4 Å². The molecule has 0 bridgehead atoms. The van der Waals surface area contributed by atoms with Crippen molar-refractivity contribution in [3.63, 3.8) is 0 Å². The van der Waals surface area contributed by atoms with Crippen LogP contribution in [0.3, 0.4) is 0 Å². The zero-order valence-electron chi connectivity index (χ0n) is 14.6. The molecule has 3 nitrogen and oxygen atoms in total. The largest absolute Gasteiger partial charge is 0.344 e. The van der Waals surface area contributed by atoms with Gasteiger partial charge in [0.15, 0.2) is 0 Å². The Hall–Kier alpha value is -1.91. The predicted octanol–water partition coefficient (Wildman–Crippen LogP) is 4.14. The molecule has 0 saturated carbocycles. The van der Waals surface area contributed by atoms with Crippen LogP contribution in [-0.4, -0.2) is 28.0 Å². The van der Waals surface area contributed by atoms with Crippen LogP contribution in [0.2, 0.25) is 0 Å². The Morgan fingerprint density at radius 3 is 2.84 bits per heavy atom. The number of nitrogens with zero attached hydrogens (tertiary/aromatic N) is 3. The van der Waals surface area contributed by atoms with Gasteiger partial charge < -0.3 is 9.47 Å². The number of rotatable bonds is 3. The zero-order valence-corrected chi connectivity index (χ0v) is 15.4. The van der Waals surface area contributed by atoms with Gasteiger partial charge in [-0.3, -0.25) is 4.98 Å². The standard InChI is InChI=1S/C20H22FN3.ClH/c1-14-3-4-19-17(9-14)18-13-23(2)7-6-20(18)24(19)8-5-15-10-16(21)12-22-11-15;/h3-4,9-12H,5-8,13H2,1-2H3;1H. The smallest absolute Gasteiger partial charge is 0.141 e. The van der Waals surface area contributed by atoms with Gasteiger partial charge >= 0.3 is 0 Å². The lowest BCUT2D eigenvalue weighted by Crippen LogP contribution is -2.27. The highest BCUT2D eigenvalue weighted by Gasteiger charge is 2.22. The van der Waals surface area contributed by atoms with Crippen molar-refractivity contribution < 1.29 is 4.39 Å². The first-order valence-corrected chi connectivity index (χ1v) is 8.50. The van der Waals surface area contributed by atoms with Crippen molar-refractivity contribution in [3.05, 3.63) is 64.9 Å². The van der Waals surface area contributed by atoms with Gasteiger partial charge in [-0.25, -0.2) is 4.39 Å². The van der Waals surface area contributed by atoms with E-state index in [0.29, 0.717) is 0 Å². The first-order chi connectivity index (χ1) is 11.6. The van der Waals surface area contributed by atoms with Crippen molar-refractivity contribution in [2.45, 2.75) is 32.9 Å². The number of hydrogen-bond donors (Lipinski definition) is 0. The van der Waals surface area contributed by atoms with Crippen LogP contribution in [0.15, 0.2) is 36.7 Å². The normalized spacial score (nSPS) is 14.4. The van der Waals surface area contributed by atoms with Gasteiger partial charge in [0.05, 0.1) is 6.20 Å². The minimum absolute atomic E-state index is 0. The number of fused-ring (bicyclic) bond motifs is 3. The molecule has 4 rings (SSSR count). The maximum absolute atomic E-state index is 13.4. The molecule has 0 fully saturated rings. The van der Waals surface area contributed by atoms with Crippen molar-refractivity contribution in [1.29, 1.82) is 0 Å². The summed E-state index contributed by atoms with van der Waals surface area (Å²) >= 11 is 0. The van der Waals surface area contributed by atoms with E-state index in [1.165, 1.54) is 33.9 Å². The second kappa shape index (κ2) is 7.14. The number of halogens is 2. The monoisotopic (exact) mass is 359 g/mol. The average molecular weight is 360 g/mol. The second-order valence-corrected chi connectivity index (χ2v) is 6.85. The lowest BCUT2D eigenvalue weighted by Gasteiger charge is -2.24. The highest BCUT2D eigenvalue weighted by Crippen LogP contribution is 2.31. The fraction of sp³-hybridized carbons (Fsp3) is 0.350. The molecular formula is C20H23ClFN3. The molecule has 0 atom stereocenters. The van der Waals surface area contributed by atoms with Crippen molar-refractivity contribution in [2.75, 3.05) is 13.6 Å². The molecule has 25 heavy (non-hydrogen) atoms. The number of hydrogen-bond acceptors (Lipinski definition) is 2. The molecule has 1 aromatic carbocycles. The quantitative estimate of drug-likeness (QED) is 0.701. The number of likely N-dealkylation sites (N-methyl/N-ethyl adjacent to an activating group) is 1. The van der Waals surface area contributed by atoms with Crippen LogP contribution in [0.4, 0.5) is 4.39 Å². The SMILES string of the molecule is Cc1ccc2c(c1)c1c(n2CCc2cncc(F)c2)CCN(C)C1.Cl. The Morgan fingerprint density at radius 1 is 1.20 bits per heavy atom. The van der Waals surface area contributed by atoms with Crippen LogP contribution in [-0.2, 0) is 25.9 Å². The van der Waals surface area contributed by atoms with Crippen LogP contribution < -0.4 is 0 Å². The lowest BCUT2D eigenvalue weighted by molar-refractivity contribution is 0.309. The van der Waals surface area contributed by atoms with Gasteiger partial charge in [-0.1, -0.05) is 11.6 Å². The Morgan fingerprint density at radius 2 is 2.04 bits per heavy atom.